The Morgan fingerprint density at radius 1 is 0.632 bits per heavy atom. The first kappa shape index (κ1) is 28.0. The van der Waals surface area contributed by atoms with Gasteiger partial charge in [0, 0.05) is 0 Å². The Hall–Kier alpha value is -3.06. The van der Waals surface area contributed by atoms with Crippen LogP contribution in [0.25, 0.3) is 0 Å². The average Bonchev–Trinajstić information content (AvgIpc) is 2.99. The van der Waals surface area contributed by atoms with Gasteiger partial charge in [-0.25, -0.2) is 0 Å². The van der Waals surface area contributed by atoms with Crippen molar-refractivity contribution in [3.8, 4) is 0 Å². The molecule has 1 N–H and O–H groups in total. The van der Waals surface area contributed by atoms with Crippen LogP contribution in [-0.4, -0.2) is 17.1 Å². The van der Waals surface area contributed by atoms with E-state index in [0.29, 0.717) is 18.0 Å². The summed E-state index contributed by atoms with van der Waals surface area (Å²) in [7, 11) is -2.46. The first-order chi connectivity index (χ1) is 18.7. The van der Waals surface area contributed by atoms with Crippen LogP contribution in [0.1, 0.15) is 57.1 Å². The Balaban J connectivity index is 1.78. The van der Waals surface area contributed by atoms with E-state index >= 15 is 0 Å². The molecule has 4 aromatic rings. The molecule has 0 saturated carbocycles. The molecule has 4 aromatic carbocycles. The van der Waals surface area contributed by atoms with Gasteiger partial charge in [0.15, 0.2) is 0 Å². The Morgan fingerprint density at radius 2 is 1.08 bits per heavy atom. The first-order valence-electron chi connectivity index (χ1n) is 14.0. The number of aliphatic hydroxyl groups is 1. The maximum absolute atomic E-state index is 11.1. The number of benzene rings is 4. The topological polar surface area (TPSA) is 37.3 Å². The van der Waals surface area contributed by atoms with Crippen LogP contribution in [0.5, 0.6) is 0 Å². The van der Waals surface area contributed by atoms with E-state index in [0.717, 1.165) is 44.0 Å². The van der Waals surface area contributed by atoms with Gasteiger partial charge in [0.1, 0.15) is 0 Å². The van der Waals surface area contributed by atoms with Gasteiger partial charge in [-0.1, -0.05) is 0 Å². The molecule has 0 aromatic heterocycles. The Labute approximate surface area is 229 Å². The molecule has 0 saturated heterocycles. The fourth-order valence-corrected chi connectivity index (χ4v) is 12.0. The third kappa shape index (κ3) is 6.49. The van der Waals surface area contributed by atoms with E-state index in [9.17, 15) is 9.90 Å². The van der Waals surface area contributed by atoms with Crippen molar-refractivity contribution in [1.82, 2.24) is 0 Å². The van der Waals surface area contributed by atoms with Gasteiger partial charge < -0.3 is 0 Å². The second kappa shape index (κ2) is 14.2. The van der Waals surface area contributed by atoms with Gasteiger partial charge in [-0.15, -0.1) is 0 Å². The van der Waals surface area contributed by atoms with E-state index in [-0.39, 0.29) is 0 Å². The number of carbonyl (C=O) groups is 1. The Bertz CT molecular complexity index is 1120. The van der Waals surface area contributed by atoms with Crippen molar-refractivity contribution in [2.75, 3.05) is 0 Å². The molecule has 0 amide bonds. The van der Waals surface area contributed by atoms with Crippen LogP contribution in [-0.2, 0) is 4.79 Å². The molecule has 38 heavy (non-hydrogen) atoms. The zero-order valence-corrected chi connectivity index (χ0v) is 23.5. The third-order valence-electron chi connectivity index (χ3n) is 8.22. The van der Waals surface area contributed by atoms with Crippen LogP contribution in [0, 0.1) is 5.92 Å². The second-order valence-electron chi connectivity index (χ2n) is 10.4. The quantitative estimate of drug-likeness (QED) is 0.110. The Morgan fingerprint density at radius 3 is 1.53 bits per heavy atom. The molecule has 3 atom stereocenters. The van der Waals surface area contributed by atoms with Crippen molar-refractivity contribution in [2.24, 2.45) is 5.92 Å². The summed E-state index contributed by atoms with van der Waals surface area (Å²) in [6.45, 7) is 2.46. The number of unbranched alkanes of at least 4 members (excludes halogenated alkanes) is 2. The van der Waals surface area contributed by atoms with Gasteiger partial charge in [-0.2, -0.15) is 0 Å². The summed E-state index contributed by atoms with van der Waals surface area (Å²) in [5.41, 5.74) is 1.37. The first-order valence-corrected chi connectivity index (χ1v) is 16.1. The van der Waals surface area contributed by atoms with Gasteiger partial charge in [0.25, 0.3) is 0 Å². The van der Waals surface area contributed by atoms with Gasteiger partial charge in [-0.05, 0) is 0 Å². The van der Waals surface area contributed by atoms with E-state index < -0.39 is 13.4 Å². The minimum absolute atomic E-state index is 0.383. The van der Waals surface area contributed by atoms with Gasteiger partial charge in [0.05, 0.1) is 0 Å². The molecule has 0 spiro atoms. The summed E-state index contributed by atoms with van der Waals surface area (Å²) in [6, 6.07) is 43.3. The van der Waals surface area contributed by atoms with Crippen molar-refractivity contribution in [2.45, 2.75) is 57.2 Å². The number of hydrogen-bond donors (Lipinski definition) is 1. The van der Waals surface area contributed by atoms with Crippen LogP contribution in [0.15, 0.2) is 121 Å². The van der Waals surface area contributed by atoms with Crippen LogP contribution >= 0.6 is 7.26 Å². The van der Waals surface area contributed by atoms with Crippen molar-refractivity contribution in [3.05, 3.63) is 127 Å². The predicted molar refractivity (Wildman–Crippen MR) is 165 cm³/mol. The summed E-state index contributed by atoms with van der Waals surface area (Å²) >= 11 is 0. The molecule has 0 aliphatic heterocycles. The summed E-state index contributed by atoms with van der Waals surface area (Å²) in [5.74, 6) is 0.410. The number of carbonyl (C=O) groups excluding carboxylic acids is 1. The standard InChI is InChI=1S/C35H41O2P/c1-29(30(17-9-6-16-28-36)26-27-35(37)31-18-7-2-8-19-31)38(32-20-10-3-11-21-32,33-22-12-4-13-23-33)34-24-14-5-15-25-34/h2-5,7-8,10-15,18-25,28-30,35,37-38H,6,9,16-17,26-27H2,1H3. The number of aliphatic hydroxyl groups excluding tert-OH is 1. The van der Waals surface area contributed by atoms with E-state index in [2.05, 4.69) is 97.9 Å². The fraction of sp³-hybridized carbons (Fsp3) is 0.286. The maximum atomic E-state index is 11.1. The predicted octanol–water partition coefficient (Wildman–Crippen LogP) is 6.99. The molecule has 0 bridgehead atoms. The third-order valence-corrected chi connectivity index (χ3v) is 13.8. The molecular formula is C35H41O2P. The molecule has 3 heteroatoms. The van der Waals surface area contributed by atoms with Crippen LogP contribution < -0.4 is 15.9 Å². The molecule has 0 heterocycles. The molecule has 198 valence electrons. The van der Waals surface area contributed by atoms with Gasteiger partial charge >= 0.3 is 229 Å². The Kier molecular flexibility index (Phi) is 10.4. The minimum atomic E-state index is -2.46. The van der Waals surface area contributed by atoms with Gasteiger partial charge in [-0.3, -0.25) is 0 Å². The molecule has 2 nitrogen and oxygen atoms in total. The van der Waals surface area contributed by atoms with Crippen LogP contribution in [0.2, 0.25) is 0 Å². The van der Waals surface area contributed by atoms with Crippen molar-refractivity contribution in [3.63, 3.8) is 0 Å². The van der Waals surface area contributed by atoms with Crippen LogP contribution in [0.3, 0.4) is 0 Å². The summed E-state index contributed by atoms with van der Waals surface area (Å²) in [5, 5.41) is 15.3. The SMILES string of the molecule is CC(C(CCCCC=O)CCC(O)c1ccccc1)[PH](c1ccccc1)(c1ccccc1)c1ccccc1. The number of aldehydes is 1. The zero-order chi connectivity index (χ0) is 26.6. The molecule has 4 rings (SSSR count). The number of hydrogen-bond acceptors (Lipinski definition) is 2. The molecule has 3 unspecified atom stereocenters. The van der Waals surface area contributed by atoms with Crippen molar-refractivity contribution >= 4 is 29.5 Å². The summed E-state index contributed by atoms with van der Waals surface area (Å²) < 4.78 is 0. The van der Waals surface area contributed by atoms with Crippen molar-refractivity contribution in [1.29, 1.82) is 0 Å². The monoisotopic (exact) mass is 524 g/mol. The molecular weight excluding hydrogens is 483 g/mol. The molecule has 0 radical (unpaired) electrons. The summed E-state index contributed by atoms with van der Waals surface area (Å²) in [4.78, 5) is 11.0. The average molecular weight is 525 g/mol. The number of rotatable bonds is 14. The van der Waals surface area contributed by atoms with E-state index in [1.54, 1.807) is 0 Å². The summed E-state index contributed by atoms with van der Waals surface area (Å²) in [6.07, 6.45) is 5.86. The molecule has 0 fully saturated rings. The fourth-order valence-electron chi connectivity index (χ4n) is 6.24. The normalized spacial score (nSPS) is 14.4. The zero-order valence-electron chi connectivity index (χ0n) is 22.5. The van der Waals surface area contributed by atoms with Crippen molar-refractivity contribution < 1.29 is 9.90 Å². The van der Waals surface area contributed by atoms with E-state index in [1.807, 2.05) is 30.3 Å². The molecule has 0 aliphatic carbocycles. The second-order valence-corrected chi connectivity index (χ2v) is 14.7. The molecule has 0 aliphatic rings. The van der Waals surface area contributed by atoms with E-state index in [4.69, 9.17) is 0 Å². The van der Waals surface area contributed by atoms with Gasteiger partial charge in [0.2, 0.25) is 0 Å². The van der Waals surface area contributed by atoms with Crippen LogP contribution in [0.4, 0.5) is 0 Å². The van der Waals surface area contributed by atoms with E-state index in [1.165, 1.54) is 15.9 Å².